The predicted molar refractivity (Wildman–Crippen MR) is 46.2 cm³/mol. The van der Waals surface area contributed by atoms with Crippen LogP contribution < -0.4 is 0 Å². The van der Waals surface area contributed by atoms with Crippen LogP contribution in [0.5, 0.6) is 0 Å². The van der Waals surface area contributed by atoms with E-state index in [0.29, 0.717) is 6.54 Å². The Morgan fingerprint density at radius 3 is 2.00 bits per heavy atom. The lowest BCUT2D eigenvalue weighted by Crippen LogP contribution is -2.38. The lowest BCUT2D eigenvalue weighted by atomic mass is 10.1. The van der Waals surface area contributed by atoms with Crippen molar-refractivity contribution in [2.45, 2.75) is 13.8 Å². The second-order valence-electron chi connectivity index (χ2n) is 3.28. The summed E-state index contributed by atoms with van der Waals surface area (Å²) in [6.45, 7) is 4.35. The van der Waals surface area contributed by atoms with E-state index in [0.717, 1.165) is 0 Å². The van der Waals surface area contributed by atoms with Gasteiger partial charge in [0.05, 0.1) is 6.54 Å². The molecule has 3 nitrogen and oxygen atoms in total. The molecule has 0 unspecified atom stereocenters. The number of hydrogen-bond acceptors (Lipinski definition) is 3. The zero-order chi connectivity index (χ0) is 9.02. The first-order valence-electron chi connectivity index (χ1n) is 3.86. The van der Waals surface area contributed by atoms with Crippen molar-refractivity contribution in [3.63, 3.8) is 0 Å². The molecule has 0 aliphatic rings. The van der Waals surface area contributed by atoms with Crippen LogP contribution in [0, 0.1) is 5.92 Å². The van der Waals surface area contributed by atoms with Crippen LogP contribution in [0.2, 0.25) is 0 Å². The van der Waals surface area contributed by atoms with E-state index in [1.165, 1.54) is 0 Å². The summed E-state index contributed by atoms with van der Waals surface area (Å²) in [6, 6.07) is 0. The van der Waals surface area contributed by atoms with Gasteiger partial charge in [-0.05, 0) is 0 Å². The van der Waals surface area contributed by atoms with Crippen LogP contribution in [0.3, 0.4) is 0 Å². The van der Waals surface area contributed by atoms with E-state index < -0.39 is 0 Å². The number of Topliss-reactive ketones (excluding diaryl/α,β-unsaturated/α-hetero) is 1. The highest BCUT2D eigenvalue weighted by molar-refractivity contribution is 5.82. The van der Waals surface area contributed by atoms with Crippen molar-refractivity contribution in [2.24, 2.45) is 5.92 Å². The van der Waals surface area contributed by atoms with Crippen molar-refractivity contribution in [1.29, 1.82) is 0 Å². The van der Waals surface area contributed by atoms with E-state index in [1.54, 1.807) is 0 Å². The number of nitrogens with zero attached hydrogens (tertiary/aromatic N) is 2. The summed E-state index contributed by atoms with van der Waals surface area (Å²) in [5.74, 6) is 0.415. The fourth-order valence-electron chi connectivity index (χ4n) is 0.550. The monoisotopic (exact) mass is 158 g/mol. The zero-order valence-electron chi connectivity index (χ0n) is 8.09. The molecule has 0 aromatic rings. The smallest absolute Gasteiger partial charge is 0.150 e. The van der Waals surface area contributed by atoms with Gasteiger partial charge in [-0.15, -0.1) is 0 Å². The minimum atomic E-state index is 0.136. The first-order valence-corrected chi connectivity index (χ1v) is 3.86. The molecular weight excluding hydrogens is 140 g/mol. The summed E-state index contributed by atoms with van der Waals surface area (Å²) >= 11 is 0. The molecule has 0 spiro atoms. The third-order valence-corrected chi connectivity index (χ3v) is 1.71. The predicted octanol–water partition coefficient (Wildman–Crippen LogP) is 0.620. The number of rotatable bonds is 4. The highest BCUT2D eigenvalue weighted by Crippen LogP contribution is 1.96. The van der Waals surface area contributed by atoms with Crippen LogP contribution in [-0.4, -0.2) is 43.5 Å². The van der Waals surface area contributed by atoms with Crippen LogP contribution in [0.1, 0.15) is 13.8 Å². The molecule has 0 saturated heterocycles. The third kappa shape index (κ3) is 4.11. The standard InChI is InChI=1S/C8H18N2O/c1-7(2)8(11)6-10(5)9(3)4/h7H,6H2,1-5H3. The van der Waals surface area contributed by atoms with E-state index >= 15 is 0 Å². The molecule has 66 valence electrons. The molecule has 0 saturated carbocycles. The van der Waals surface area contributed by atoms with Crippen LogP contribution >= 0.6 is 0 Å². The van der Waals surface area contributed by atoms with E-state index in [4.69, 9.17) is 0 Å². The highest BCUT2D eigenvalue weighted by atomic mass is 16.1. The summed E-state index contributed by atoms with van der Waals surface area (Å²) in [7, 11) is 5.75. The molecular formula is C8H18N2O. The van der Waals surface area contributed by atoms with Crippen molar-refractivity contribution in [3.8, 4) is 0 Å². The second kappa shape index (κ2) is 4.46. The summed E-state index contributed by atoms with van der Waals surface area (Å²) < 4.78 is 0. The summed E-state index contributed by atoms with van der Waals surface area (Å²) in [5, 5.41) is 3.79. The first-order chi connectivity index (χ1) is 4.95. The molecule has 0 aliphatic heterocycles. The average molecular weight is 158 g/mol. The van der Waals surface area contributed by atoms with Gasteiger partial charge in [-0.3, -0.25) is 4.79 Å². The minimum absolute atomic E-state index is 0.136. The largest absolute Gasteiger partial charge is 0.298 e. The van der Waals surface area contributed by atoms with E-state index in [9.17, 15) is 4.79 Å². The Labute approximate surface area is 68.9 Å². The molecule has 0 N–H and O–H groups in total. The van der Waals surface area contributed by atoms with E-state index in [-0.39, 0.29) is 11.7 Å². The van der Waals surface area contributed by atoms with Gasteiger partial charge < -0.3 is 0 Å². The third-order valence-electron chi connectivity index (χ3n) is 1.71. The Morgan fingerprint density at radius 2 is 1.73 bits per heavy atom. The lowest BCUT2D eigenvalue weighted by molar-refractivity contribution is -0.125. The summed E-state index contributed by atoms with van der Waals surface area (Å²) in [5.41, 5.74) is 0. The van der Waals surface area contributed by atoms with Gasteiger partial charge in [-0.2, -0.15) is 0 Å². The molecule has 0 aliphatic carbocycles. The van der Waals surface area contributed by atoms with Gasteiger partial charge in [-0.1, -0.05) is 13.8 Å². The molecule has 0 fully saturated rings. The van der Waals surface area contributed by atoms with Gasteiger partial charge in [0.15, 0.2) is 5.78 Å². The van der Waals surface area contributed by atoms with Gasteiger partial charge in [0.1, 0.15) is 0 Å². The molecule has 0 heterocycles. The Hall–Kier alpha value is -0.410. The lowest BCUT2D eigenvalue weighted by Gasteiger charge is -2.23. The molecule has 3 heteroatoms. The van der Waals surface area contributed by atoms with Gasteiger partial charge in [0.25, 0.3) is 0 Å². The van der Waals surface area contributed by atoms with Gasteiger partial charge in [0, 0.05) is 27.1 Å². The van der Waals surface area contributed by atoms with Crippen LogP contribution in [0.4, 0.5) is 0 Å². The van der Waals surface area contributed by atoms with Crippen molar-refractivity contribution < 1.29 is 4.79 Å². The van der Waals surface area contributed by atoms with Crippen molar-refractivity contribution in [3.05, 3.63) is 0 Å². The Balaban J connectivity index is 3.76. The summed E-state index contributed by atoms with van der Waals surface area (Å²) in [4.78, 5) is 11.2. The maximum atomic E-state index is 11.2. The number of carbonyl (C=O) groups excluding carboxylic acids is 1. The Morgan fingerprint density at radius 1 is 1.27 bits per heavy atom. The molecule has 0 bridgehead atoms. The van der Waals surface area contributed by atoms with Crippen molar-refractivity contribution in [2.75, 3.05) is 27.7 Å². The summed E-state index contributed by atoms with van der Waals surface area (Å²) in [6.07, 6.45) is 0. The van der Waals surface area contributed by atoms with Gasteiger partial charge in [-0.25, -0.2) is 10.0 Å². The first kappa shape index (κ1) is 10.6. The number of ketones is 1. The molecule has 0 radical (unpaired) electrons. The molecule has 11 heavy (non-hydrogen) atoms. The zero-order valence-corrected chi connectivity index (χ0v) is 8.09. The Bertz CT molecular complexity index is 132. The molecule has 0 aromatic carbocycles. The quantitative estimate of drug-likeness (QED) is 0.560. The van der Waals surface area contributed by atoms with Crippen molar-refractivity contribution >= 4 is 5.78 Å². The average Bonchev–Trinajstić information content (AvgIpc) is 1.87. The second-order valence-corrected chi connectivity index (χ2v) is 3.28. The Kier molecular flexibility index (Phi) is 4.30. The van der Waals surface area contributed by atoms with Crippen LogP contribution in [-0.2, 0) is 4.79 Å². The van der Waals surface area contributed by atoms with Gasteiger partial charge >= 0.3 is 0 Å². The topological polar surface area (TPSA) is 23.6 Å². The molecule has 0 amide bonds. The minimum Gasteiger partial charge on any atom is -0.298 e. The van der Waals surface area contributed by atoms with E-state index in [1.807, 2.05) is 45.0 Å². The molecule has 0 aromatic heterocycles. The van der Waals surface area contributed by atoms with Crippen molar-refractivity contribution in [1.82, 2.24) is 10.0 Å². The van der Waals surface area contributed by atoms with Crippen LogP contribution in [0.25, 0.3) is 0 Å². The normalized spacial score (nSPS) is 11.6. The number of likely N-dealkylation sites (N-methyl/N-ethyl adjacent to an activating group) is 1. The van der Waals surface area contributed by atoms with Gasteiger partial charge in [0.2, 0.25) is 0 Å². The fourth-order valence-corrected chi connectivity index (χ4v) is 0.550. The number of hydrogen-bond donors (Lipinski definition) is 0. The SMILES string of the molecule is CC(C)C(=O)CN(C)N(C)C. The fraction of sp³-hybridized carbons (Fsp3) is 0.875. The highest BCUT2D eigenvalue weighted by Gasteiger charge is 2.10. The molecule has 0 atom stereocenters. The number of hydrazine groups is 1. The van der Waals surface area contributed by atoms with Crippen LogP contribution in [0.15, 0.2) is 0 Å². The maximum Gasteiger partial charge on any atom is 0.150 e. The maximum absolute atomic E-state index is 11.2. The number of carbonyl (C=O) groups is 1. The molecule has 0 rings (SSSR count). The van der Waals surface area contributed by atoms with E-state index in [2.05, 4.69) is 0 Å².